The zero-order chi connectivity index (χ0) is 21.7. The Labute approximate surface area is 179 Å². The van der Waals surface area contributed by atoms with Gasteiger partial charge in [-0.05, 0) is 38.8 Å². The Kier molecular flexibility index (Phi) is 7.40. The van der Waals surface area contributed by atoms with Crippen LogP contribution in [0.25, 0.3) is 11.4 Å². The molecule has 0 aliphatic carbocycles. The first-order chi connectivity index (χ1) is 14.4. The zero-order valence-corrected chi connectivity index (χ0v) is 18.6. The van der Waals surface area contributed by atoms with Crippen LogP contribution in [-0.2, 0) is 4.79 Å². The highest BCUT2D eigenvalue weighted by molar-refractivity contribution is 5.79. The number of piperazine rings is 1. The number of anilines is 1. The Hall–Kier alpha value is -2.50. The van der Waals surface area contributed by atoms with Gasteiger partial charge in [0, 0.05) is 48.9 Å². The number of halogens is 1. The Morgan fingerprint density at radius 1 is 1.13 bits per heavy atom. The molecular weight excluding hydrogens is 379 g/mol. The molecule has 1 aromatic carbocycles. The summed E-state index contributed by atoms with van der Waals surface area (Å²) in [5, 5.41) is 0. The number of carbonyl (C=O) groups excluding carboxylic acids is 1. The van der Waals surface area contributed by atoms with Gasteiger partial charge in [0.1, 0.15) is 11.6 Å². The Morgan fingerprint density at radius 3 is 2.50 bits per heavy atom. The lowest BCUT2D eigenvalue weighted by Crippen LogP contribution is -2.50. The number of aromatic nitrogens is 2. The van der Waals surface area contributed by atoms with E-state index in [1.807, 2.05) is 24.8 Å². The van der Waals surface area contributed by atoms with Crippen LogP contribution in [0, 0.1) is 25.6 Å². The van der Waals surface area contributed by atoms with Crippen LogP contribution in [0.2, 0.25) is 0 Å². The second-order valence-electron chi connectivity index (χ2n) is 8.15. The third-order valence-corrected chi connectivity index (χ3v) is 6.09. The van der Waals surface area contributed by atoms with Crippen molar-refractivity contribution in [2.45, 2.75) is 53.4 Å². The second kappa shape index (κ2) is 10.0. The van der Waals surface area contributed by atoms with Crippen LogP contribution in [0.5, 0.6) is 0 Å². The van der Waals surface area contributed by atoms with Crippen LogP contribution in [0.15, 0.2) is 24.3 Å². The number of hydrogen-bond acceptors (Lipinski definition) is 4. The molecule has 30 heavy (non-hydrogen) atoms. The van der Waals surface area contributed by atoms with Crippen LogP contribution >= 0.6 is 0 Å². The van der Waals surface area contributed by atoms with E-state index in [0.717, 1.165) is 55.8 Å². The third kappa shape index (κ3) is 4.97. The molecule has 162 valence electrons. The fraction of sp³-hybridized carbons (Fsp3) is 0.542. The van der Waals surface area contributed by atoms with E-state index < -0.39 is 0 Å². The minimum absolute atomic E-state index is 0.138. The minimum Gasteiger partial charge on any atom is -0.353 e. The van der Waals surface area contributed by atoms with Crippen LogP contribution in [0.4, 0.5) is 10.2 Å². The largest absolute Gasteiger partial charge is 0.353 e. The van der Waals surface area contributed by atoms with Crippen molar-refractivity contribution in [3.63, 3.8) is 0 Å². The molecule has 6 heteroatoms. The summed E-state index contributed by atoms with van der Waals surface area (Å²) >= 11 is 0. The average Bonchev–Trinajstić information content (AvgIpc) is 2.76. The molecule has 1 amide bonds. The van der Waals surface area contributed by atoms with E-state index in [4.69, 9.17) is 4.98 Å². The summed E-state index contributed by atoms with van der Waals surface area (Å²) in [5.74, 6) is 1.56. The van der Waals surface area contributed by atoms with Gasteiger partial charge in [0.2, 0.25) is 5.91 Å². The maximum Gasteiger partial charge on any atom is 0.225 e. The van der Waals surface area contributed by atoms with E-state index in [2.05, 4.69) is 23.7 Å². The Morgan fingerprint density at radius 2 is 1.87 bits per heavy atom. The SMILES string of the molecule is CCCC[C@H](CC)C(=O)N1CCN(c2nc(-c3cccc(F)c3)nc(C)c2C)CC1. The highest BCUT2D eigenvalue weighted by atomic mass is 19.1. The lowest BCUT2D eigenvalue weighted by atomic mass is 9.97. The monoisotopic (exact) mass is 412 g/mol. The van der Waals surface area contributed by atoms with Gasteiger partial charge >= 0.3 is 0 Å². The Bertz CT molecular complexity index is 878. The van der Waals surface area contributed by atoms with Gasteiger partial charge in [0.15, 0.2) is 5.82 Å². The number of aryl methyl sites for hydroxylation is 1. The molecule has 0 N–H and O–H groups in total. The first kappa shape index (κ1) is 22.2. The summed E-state index contributed by atoms with van der Waals surface area (Å²) in [4.78, 5) is 26.5. The van der Waals surface area contributed by atoms with E-state index in [1.165, 1.54) is 12.1 Å². The van der Waals surface area contributed by atoms with E-state index in [0.29, 0.717) is 30.4 Å². The predicted octanol–water partition coefficient (Wildman–Crippen LogP) is 4.76. The highest BCUT2D eigenvalue weighted by Gasteiger charge is 2.27. The molecule has 1 aliphatic heterocycles. The van der Waals surface area contributed by atoms with Crippen molar-refractivity contribution >= 4 is 11.7 Å². The molecule has 2 aromatic rings. The molecule has 2 heterocycles. The van der Waals surface area contributed by atoms with Crippen molar-refractivity contribution in [3.05, 3.63) is 41.3 Å². The molecule has 1 atom stereocenters. The first-order valence-corrected chi connectivity index (χ1v) is 11.1. The average molecular weight is 413 g/mol. The van der Waals surface area contributed by atoms with Gasteiger partial charge in [-0.15, -0.1) is 0 Å². The van der Waals surface area contributed by atoms with E-state index in [9.17, 15) is 9.18 Å². The van der Waals surface area contributed by atoms with Crippen molar-refractivity contribution in [3.8, 4) is 11.4 Å². The number of benzene rings is 1. The number of nitrogens with zero attached hydrogens (tertiary/aromatic N) is 4. The zero-order valence-electron chi connectivity index (χ0n) is 18.6. The minimum atomic E-state index is -0.295. The van der Waals surface area contributed by atoms with Crippen molar-refractivity contribution in [1.82, 2.24) is 14.9 Å². The molecule has 0 saturated carbocycles. The van der Waals surface area contributed by atoms with E-state index >= 15 is 0 Å². The van der Waals surface area contributed by atoms with Crippen LogP contribution < -0.4 is 4.90 Å². The number of carbonyl (C=O) groups is 1. The maximum atomic E-state index is 13.7. The molecule has 1 aromatic heterocycles. The standard InChI is InChI=1S/C24H33FN4O/c1-5-7-9-19(6-2)24(30)29-14-12-28(13-15-29)23-17(3)18(4)26-22(27-23)20-10-8-11-21(25)16-20/h8,10-11,16,19H,5-7,9,12-15H2,1-4H3/t19-/m0/s1. The molecule has 3 rings (SSSR count). The molecule has 0 bridgehead atoms. The summed E-state index contributed by atoms with van der Waals surface area (Å²) in [6.45, 7) is 11.2. The van der Waals surface area contributed by atoms with Gasteiger partial charge in [-0.2, -0.15) is 0 Å². The van der Waals surface area contributed by atoms with Crippen molar-refractivity contribution in [2.24, 2.45) is 5.92 Å². The maximum absolute atomic E-state index is 13.7. The number of unbranched alkanes of at least 4 members (excludes halogenated alkanes) is 1. The quantitative estimate of drug-likeness (QED) is 0.658. The normalized spacial score (nSPS) is 15.4. The topological polar surface area (TPSA) is 49.3 Å². The van der Waals surface area contributed by atoms with Gasteiger partial charge in [0.05, 0.1) is 0 Å². The lowest BCUT2D eigenvalue weighted by molar-refractivity contribution is -0.136. The summed E-state index contributed by atoms with van der Waals surface area (Å²) in [5.41, 5.74) is 2.60. The van der Waals surface area contributed by atoms with Gasteiger partial charge in [-0.3, -0.25) is 4.79 Å². The summed E-state index contributed by atoms with van der Waals surface area (Å²) in [6.07, 6.45) is 4.11. The third-order valence-electron chi connectivity index (χ3n) is 6.09. The van der Waals surface area contributed by atoms with Crippen molar-refractivity contribution in [2.75, 3.05) is 31.1 Å². The molecule has 0 radical (unpaired) electrons. The van der Waals surface area contributed by atoms with Gasteiger partial charge in [-0.1, -0.05) is 38.8 Å². The lowest BCUT2D eigenvalue weighted by Gasteiger charge is -2.37. The van der Waals surface area contributed by atoms with Crippen LogP contribution in [0.1, 0.15) is 50.8 Å². The summed E-state index contributed by atoms with van der Waals surface area (Å²) in [6, 6.07) is 6.39. The first-order valence-electron chi connectivity index (χ1n) is 11.1. The molecule has 1 saturated heterocycles. The second-order valence-corrected chi connectivity index (χ2v) is 8.15. The number of hydrogen-bond donors (Lipinski definition) is 0. The van der Waals surface area contributed by atoms with Crippen LogP contribution in [-0.4, -0.2) is 47.0 Å². The van der Waals surface area contributed by atoms with Crippen molar-refractivity contribution < 1.29 is 9.18 Å². The molecule has 5 nitrogen and oxygen atoms in total. The molecular formula is C24H33FN4O. The number of amides is 1. The van der Waals surface area contributed by atoms with E-state index in [1.54, 1.807) is 6.07 Å². The number of rotatable bonds is 7. The Balaban J connectivity index is 1.74. The van der Waals surface area contributed by atoms with Gasteiger partial charge in [0.25, 0.3) is 0 Å². The van der Waals surface area contributed by atoms with Gasteiger partial charge < -0.3 is 9.80 Å². The molecule has 0 unspecified atom stereocenters. The van der Waals surface area contributed by atoms with Crippen LogP contribution in [0.3, 0.4) is 0 Å². The smallest absolute Gasteiger partial charge is 0.225 e. The fourth-order valence-corrected chi connectivity index (χ4v) is 4.03. The summed E-state index contributed by atoms with van der Waals surface area (Å²) < 4.78 is 13.7. The highest BCUT2D eigenvalue weighted by Crippen LogP contribution is 2.26. The van der Waals surface area contributed by atoms with Crippen molar-refractivity contribution in [1.29, 1.82) is 0 Å². The molecule has 1 fully saturated rings. The molecule has 0 spiro atoms. The van der Waals surface area contributed by atoms with Gasteiger partial charge in [-0.25, -0.2) is 14.4 Å². The fourth-order valence-electron chi connectivity index (χ4n) is 4.03. The summed E-state index contributed by atoms with van der Waals surface area (Å²) in [7, 11) is 0. The predicted molar refractivity (Wildman–Crippen MR) is 119 cm³/mol. The molecule has 1 aliphatic rings. The van der Waals surface area contributed by atoms with E-state index in [-0.39, 0.29) is 11.7 Å².